The number of aromatic nitrogens is 5. The molecule has 9 nitrogen and oxygen atoms in total. The molecule has 0 amide bonds. The first kappa shape index (κ1) is 21.2. The maximum absolute atomic E-state index is 12.3. The molecule has 0 radical (unpaired) electrons. The summed E-state index contributed by atoms with van der Waals surface area (Å²) >= 11 is 0. The number of rotatable bonds is 7. The Morgan fingerprint density at radius 1 is 1.16 bits per heavy atom. The Morgan fingerprint density at radius 2 is 1.94 bits per heavy atom. The molecular weight excluding hydrogens is 410 g/mol. The van der Waals surface area contributed by atoms with E-state index in [2.05, 4.69) is 25.4 Å². The molecule has 9 heteroatoms. The number of carbonyl (C=O) groups is 1. The number of ether oxygens (including phenoxy) is 1. The highest BCUT2D eigenvalue weighted by Gasteiger charge is 2.27. The van der Waals surface area contributed by atoms with Crippen molar-refractivity contribution >= 4 is 17.1 Å². The van der Waals surface area contributed by atoms with Crippen LogP contribution in [0.1, 0.15) is 26.3 Å². The van der Waals surface area contributed by atoms with Gasteiger partial charge in [-0.15, -0.1) is 5.10 Å². The van der Waals surface area contributed by atoms with Crippen molar-refractivity contribution < 1.29 is 14.6 Å². The van der Waals surface area contributed by atoms with Crippen molar-refractivity contribution in [2.45, 2.75) is 27.2 Å². The molecule has 32 heavy (non-hydrogen) atoms. The third kappa shape index (κ3) is 4.09. The molecule has 4 rings (SSSR count). The summed E-state index contributed by atoms with van der Waals surface area (Å²) in [6.07, 6.45) is 0.413. The summed E-state index contributed by atoms with van der Waals surface area (Å²) in [6, 6.07) is 13.4. The number of fused-ring (bicyclic) bond motifs is 1. The van der Waals surface area contributed by atoms with Crippen LogP contribution in [0.5, 0.6) is 5.75 Å². The van der Waals surface area contributed by atoms with E-state index in [0.29, 0.717) is 35.8 Å². The minimum Gasteiger partial charge on any atom is -0.493 e. The van der Waals surface area contributed by atoms with E-state index in [-0.39, 0.29) is 11.1 Å². The number of carboxylic acids is 1. The summed E-state index contributed by atoms with van der Waals surface area (Å²) in [4.78, 5) is 30.9. The topological polar surface area (TPSA) is 134 Å². The summed E-state index contributed by atoms with van der Waals surface area (Å²) in [7, 11) is 0. The molecule has 0 aliphatic rings. The van der Waals surface area contributed by atoms with Crippen LogP contribution in [0.25, 0.3) is 33.7 Å². The van der Waals surface area contributed by atoms with Crippen molar-refractivity contribution in [1.29, 1.82) is 0 Å². The minimum absolute atomic E-state index is 0.143. The Morgan fingerprint density at radius 3 is 2.69 bits per heavy atom. The van der Waals surface area contributed by atoms with Crippen LogP contribution < -0.4 is 10.3 Å². The quantitative estimate of drug-likeness (QED) is 0.406. The van der Waals surface area contributed by atoms with Crippen molar-refractivity contribution in [2.75, 3.05) is 6.61 Å². The van der Waals surface area contributed by atoms with Crippen LogP contribution in [0.15, 0.2) is 47.3 Å². The predicted octanol–water partition coefficient (Wildman–Crippen LogP) is 3.43. The molecule has 0 aliphatic carbocycles. The first-order chi connectivity index (χ1) is 15.3. The Labute approximate surface area is 183 Å². The average molecular weight is 433 g/mol. The van der Waals surface area contributed by atoms with Crippen molar-refractivity contribution in [2.24, 2.45) is 5.41 Å². The fourth-order valence-electron chi connectivity index (χ4n) is 3.51. The Hall–Kier alpha value is -4.01. The van der Waals surface area contributed by atoms with Gasteiger partial charge >= 0.3 is 5.97 Å². The number of aromatic amines is 2. The van der Waals surface area contributed by atoms with Crippen LogP contribution in [0.3, 0.4) is 0 Å². The van der Waals surface area contributed by atoms with E-state index in [1.807, 2.05) is 49.4 Å². The van der Waals surface area contributed by atoms with E-state index in [1.165, 1.54) is 0 Å². The van der Waals surface area contributed by atoms with Gasteiger partial charge < -0.3 is 14.8 Å². The number of nitrogens with one attached hydrogen (secondary N) is 2. The number of H-pyrrole nitrogens is 2. The SMILES string of the molecule is CCOc1cc(-c2cccc(CC(C)(C)C(=O)O)c2)ccc1-c1nc2[nH]nnc2c(=O)[nH]1. The van der Waals surface area contributed by atoms with Crippen LogP contribution in [0.2, 0.25) is 0 Å². The highest BCUT2D eigenvalue weighted by Crippen LogP contribution is 2.34. The number of carboxylic acid groups (broad SMARTS) is 1. The van der Waals surface area contributed by atoms with Gasteiger partial charge in [-0.3, -0.25) is 9.59 Å². The first-order valence-electron chi connectivity index (χ1n) is 10.2. The van der Waals surface area contributed by atoms with Crippen LogP contribution in [-0.2, 0) is 11.2 Å². The van der Waals surface area contributed by atoms with Gasteiger partial charge in [0.1, 0.15) is 11.6 Å². The summed E-state index contributed by atoms with van der Waals surface area (Å²) in [5.41, 5.74) is 2.58. The van der Waals surface area contributed by atoms with Crippen LogP contribution >= 0.6 is 0 Å². The van der Waals surface area contributed by atoms with Crippen LogP contribution in [0.4, 0.5) is 0 Å². The smallest absolute Gasteiger partial charge is 0.309 e. The van der Waals surface area contributed by atoms with Gasteiger partial charge in [-0.2, -0.15) is 0 Å². The molecular formula is C23H23N5O4. The molecule has 0 unspecified atom stereocenters. The molecule has 0 aliphatic heterocycles. The zero-order chi connectivity index (χ0) is 22.9. The monoisotopic (exact) mass is 433 g/mol. The van der Waals surface area contributed by atoms with Gasteiger partial charge in [-0.05, 0) is 56.0 Å². The summed E-state index contributed by atoms with van der Waals surface area (Å²) in [6.45, 7) is 5.73. The van der Waals surface area contributed by atoms with E-state index >= 15 is 0 Å². The fourth-order valence-corrected chi connectivity index (χ4v) is 3.51. The maximum Gasteiger partial charge on any atom is 0.309 e. The van der Waals surface area contributed by atoms with Crippen LogP contribution in [0, 0.1) is 5.41 Å². The van der Waals surface area contributed by atoms with E-state index in [1.54, 1.807) is 13.8 Å². The van der Waals surface area contributed by atoms with Gasteiger partial charge in [0.15, 0.2) is 11.2 Å². The number of hydrogen-bond donors (Lipinski definition) is 3. The lowest BCUT2D eigenvalue weighted by atomic mass is 9.85. The molecule has 0 saturated heterocycles. The van der Waals surface area contributed by atoms with Crippen LogP contribution in [-0.4, -0.2) is 43.1 Å². The predicted molar refractivity (Wildman–Crippen MR) is 119 cm³/mol. The average Bonchev–Trinajstić information content (AvgIpc) is 3.23. The van der Waals surface area contributed by atoms with E-state index < -0.39 is 11.4 Å². The molecule has 0 atom stereocenters. The lowest BCUT2D eigenvalue weighted by molar-refractivity contribution is -0.146. The summed E-state index contributed by atoms with van der Waals surface area (Å²) in [5.74, 6) is 0.0774. The molecule has 2 heterocycles. The molecule has 3 N–H and O–H groups in total. The minimum atomic E-state index is -0.864. The fraction of sp³-hybridized carbons (Fsp3) is 0.261. The summed E-state index contributed by atoms with van der Waals surface area (Å²) in [5, 5.41) is 19.4. The molecule has 164 valence electrons. The third-order valence-corrected chi connectivity index (χ3v) is 5.22. The second kappa shape index (κ2) is 8.26. The molecule has 0 fully saturated rings. The van der Waals surface area contributed by atoms with Gasteiger partial charge in [0.2, 0.25) is 0 Å². The van der Waals surface area contributed by atoms with E-state index in [0.717, 1.165) is 16.7 Å². The third-order valence-electron chi connectivity index (χ3n) is 5.22. The lowest BCUT2D eigenvalue weighted by Crippen LogP contribution is -2.26. The maximum atomic E-state index is 12.3. The molecule has 2 aromatic heterocycles. The summed E-state index contributed by atoms with van der Waals surface area (Å²) < 4.78 is 5.85. The van der Waals surface area contributed by atoms with Crippen molar-refractivity contribution in [3.63, 3.8) is 0 Å². The van der Waals surface area contributed by atoms with Gasteiger partial charge in [0, 0.05) is 0 Å². The molecule has 0 saturated carbocycles. The van der Waals surface area contributed by atoms with E-state index in [4.69, 9.17) is 4.74 Å². The van der Waals surface area contributed by atoms with E-state index in [9.17, 15) is 14.7 Å². The van der Waals surface area contributed by atoms with Gasteiger partial charge in [0.05, 0.1) is 17.6 Å². The van der Waals surface area contributed by atoms with Crippen molar-refractivity contribution in [3.05, 3.63) is 58.4 Å². The number of benzene rings is 2. The lowest BCUT2D eigenvalue weighted by Gasteiger charge is -2.19. The molecule has 0 spiro atoms. The van der Waals surface area contributed by atoms with Gasteiger partial charge in [-0.1, -0.05) is 35.5 Å². The molecule has 4 aromatic rings. The van der Waals surface area contributed by atoms with Gasteiger partial charge in [-0.25, -0.2) is 10.1 Å². The first-order valence-corrected chi connectivity index (χ1v) is 10.2. The highest BCUT2D eigenvalue weighted by molar-refractivity contribution is 5.77. The zero-order valence-electron chi connectivity index (χ0n) is 18.0. The molecule has 0 bridgehead atoms. The number of nitrogens with zero attached hydrogens (tertiary/aromatic N) is 3. The number of hydrogen-bond acceptors (Lipinski definition) is 6. The number of aliphatic carboxylic acids is 1. The Balaban J connectivity index is 1.74. The highest BCUT2D eigenvalue weighted by atomic mass is 16.5. The van der Waals surface area contributed by atoms with Crippen molar-refractivity contribution in [1.82, 2.24) is 25.4 Å². The second-order valence-electron chi connectivity index (χ2n) is 8.13. The Bertz CT molecular complexity index is 1360. The largest absolute Gasteiger partial charge is 0.493 e. The molecule has 2 aromatic carbocycles. The Kier molecular flexibility index (Phi) is 5.48. The standard InChI is InChI=1S/C23H23N5O4/c1-4-32-17-11-15(14-7-5-6-13(10-14)12-23(2,3)22(30)31)8-9-16(17)19-24-20-18(21(29)25-19)26-28-27-20/h5-11H,4,12H2,1-3H3,(H,30,31)(H2,24,25,26,27,28,29). The van der Waals surface area contributed by atoms with Gasteiger partial charge in [0.25, 0.3) is 5.56 Å². The second-order valence-corrected chi connectivity index (χ2v) is 8.13. The normalized spacial score (nSPS) is 11.6. The van der Waals surface area contributed by atoms with Crippen molar-refractivity contribution in [3.8, 4) is 28.3 Å². The zero-order valence-corrected chi connectivity index (χ0v) is 18.0.